The second-order valence-corrected chi connectivity index (χ2v) is 14.9. The molecule has 0 aromatic rings. The van der Waals surface area contributed by atoms with Crippen LogP contribution in [0.4, 0.5) is 0 Å². The molecule has 0 bridgehead atoms. The van der Waals surface area contributed by atoms with Crippen LogP contribution >= 0.6 is 7.82 Å². The van der Waals surface area contributed by atoms with Crippen molar-refractivity contribution < 1.29 is 37.6 Å². The maximum Gasteiger partial charge on any atom is 0.472 e. The first-order chi connectivity index (χ1) is 25.8. The lowest BCUT2D eigenvalue weighted by Crippen LogP contribution is -2.29. The standard InChI is InChI=1S/C43H76NO8P/c1-3-5-7-9-11-13-15-17-18-19-20-21-22-24-26-28-30-32-34-36-43(46)52-41(40-51-53(47,48)50-38-37-44)39-49-42(45)35-33-31-29-27-25-23-16-14-12-10-8-6-4-2/h5,7,11,13-14,16-18,20-21,41H,3-4,6,8-10,12,15,19,22-40,44H2,1-2H3,(H,47,48)/b7-5-,13-11-,16-14-,18-17-,21-20-. The number of phosphoric ester groups is 1. The number of hydrogen-bond donors (Lipinski definition) is 2. The lowest BCUT2D eigenvalue weighted by molar-refractivity contribution is -0.161. The Labute approximate surface area is 323 Å². The molecule has 306 valence electrons. The zero-order valence-electron chi connectivity index (χ0n) is 33.5. The number of rotatable bonds is 38. The molecule has 0 heterocycles. The van der Waals surface area contributed by atoms with Crippen LogP contribution < -0.4 is 5.73 Å². The molecule has 0 spiro atoms. The predicted molar refractivity (Wildman–Crippen MR) is 219 cm³/mol. The topological polar surface area (TPSA) is 134 Å². The monoisotopic (exact) mass is 766 g/mol. The number of carbonyl (C=O) groups is 2. The van der Waals surface area contributed by atoms with Gasteiger partial charge in [-0.2, -0.15) is 0 Å². The largest absolute Gasteiger partial charge is 0.472 e. The molecule has 9 nitrogen and oxygen atoms in total. The van der Waals surface area contributed by atoms with Gasteiger partial charge in [-0.25, -0.2) is 4.57 Å². The summed E-state index contributed by atoms with van der Waals surface area (Å²) >= 11 is 0. The summed E-state index contributed by atoms with van der Waals surface area (Å²) < 4.78 is 32.7. The minimum atomic E-state index is -4.38. The van der Waals surface area contributed by atoms with Gasteiger partial charge in [0.25, 0.3) is 0 Å². The lowest BCUT2D eigenvalue weighted by Gasteiger charge is -2.19. The Bertz CT molecular complexity index is 1050. The van der Waals surface area contributed by atoms with Crippen LogP contribution in [0.3, 0.4) is 0 Å². The van der Waals surface area contributed by atoms with E-state index in [2.05, 4.69) is 74.6 Å². The van der Waals surface area contributed by atoms with E-state index < -0.39 is 32.5 Å². The Balaban J connectivity index is 4.22. The summed E-state index contributed by atoms with van der Waals surface area (Å²) in [7, 11) is -4.38. The zero-order valence-corrected chi connectivity index (χ0v) is 34.4. The molecule has 0 rings (SSSR count). The van der Waals surface area contributed by atoms with Crippen molar-refractivity contribution in [3.8, 4) is 0 Å². The van der Waals surface area contributed by atoms with E-state index in [1.54, 1.807) is 0 Å². The van der Waals surface area contributed by atoms with Gasteiger partial charge in [0, 0.05) is 19.4 Å². The van der Waals surface area contributed by atoms with E-state index in [1.165, 1.54) is 32.1 Å². The molecule has 3 N–H and O–H groups in total. The van der Waals surface area contributed by atoms with Crippen molar-refractivity contribution in [2.45, 2.75) is 174 Å². The Morgan fingerprint density at radius 3 is 1.57 bits per heavy atom. The van der Waals surface area contributed by atoms with Gasteiger partial charge in [-0.1, -0.05) is 139 Å². The van der Waals surface area contributed by atoms with Crippen molar-refractivity contribution in [1.82, 2.24) is 0 Å². The van der Waals surface area contributed by atoms with E-state index in [0.717, 1.165) is 103 Å². The maximum atomic E-state index is 12.6. The van der Waals surface area contributed by atoms with Gasteiger partial charge in [0.2, 0.25) is 0 Å². The van der Waals surface area contributed by atoms with Gasteiger partial charge in [0.05, 0.1) is 13.2 Å². The number of phosphoric acid groups is 1. The highest BCUT2D eigenvalue weighted by molar-refractivity contribution is 7.47. The fourth-order valence-corrected chi connectivity index (χ4v) is 6.09. The summed E-state index contributed by atoms with van der Waals surface area (Å²) in [4.78, 5) is 34.8. The predicted octanol–water partition coefficient (Wildman–Crippen LogP) is 11.7. The van der Waals surface area contributed by atoms with Gasteiger partial charge in [-0.3, -0.25) is 18.6 Å². The van der Waals surface area contributed by atoms with Gasteiger partial charge in [0.1, 0.15) is 6.61 Å². The van der Waals surface area contributed by atoms with Crippen LogP contribution in [0.1, 0.15) is 168 Å². The third-order valence-electron chi connectivity index (χ3n) is 8.39. The molecule has 0 aliphatic carbocycles. The molecule has 0 amide bonds. The van der Waals surface area contributed by atoms with Gasteiger partial charge in [-0.15, -0.1) is 0 Å². The highest BCUT2D eigenvalue weighted by Gasteiger charge is 2.25. The summed E-state index contributed by atoms with van der Waals surface area (Å²) in [5.74, 6) is -0.860. The Hall–Kier alpha value is -2.29. The van der Waals surface area contributed by atoms with Crippen LogP contribution in [-0.2, 0) is 32.7 Å². The molecule has 53 heavy (non-hydrogen) atoms. The molecule has 0 fully saturated rings. The number of ether oxygens (including phenoxy) is 2. The van der Waals surface area contributed by atoms with E-state index in [9.17, 15) is 19.0 Å². The highest BCUT2D eigenvalue weighted by Crippen LogP contribution is 2.43. The van der Waals surface area contributed by atoms with E-state index in [1.807, 2.05) is 0 Å². The van der Waals surface area contributed by atoms with Crippen LogP contribution in [0.25, 0.3) is 0 Å². The minimum Gasteiger partial charge on any atom is -0.462 e. The van der Waals surface area contributed by atoms with Crippen LogP contribution in [0, 0.1) is 0 Å². The van der Waals surface area contributed by atoms with Gasteiger partial charge in [-0.05, 0) is 77.0 Å². The first kappa shape index (κ1) is 50.7. The Morgan fingerprint density at radius 2 is 1.04 bits per heavy atom. The van der Waals surface area contributed by atoms with E-state index in [-0.39, 0.29) is 32.6 Å². The Morgan fingerprint density at radius 1 is 0.585 bits per heavy atom. The molecular formula is C43H76NO8P. The quantitative estimate of drug-likeness (QED) is 0.0272. The Kier molecular flexibility index (Phi) is 37.7. The van der Waals surface area contributed by atoms with E-state index in [0.29, 0.717) is 6.42 Å². The first-order valence-electron chi connectivity index (χ1n) is 20.8. The minimum absolute atomic E-state index is 0.0471. The summed E-state index contributed by atoms with van der Waals surface area (Å²) in [6.07, 6.45) is 45.3. The molecule has 0 aromatic carbocycles. The van der Waals surface area contributed by atoms with Crippen LogP contribution in [0.2, 0.25) is 0 Å². The molecule has 10 heteroatoms. The van der Waals surface area contributed by atoms with E-state index in [4.69, 9.17) is 24.3 Å². The number of carbonyl (C=O) groups excluding carboxylic acids is 2. The van der Waals surface area contributed by atoms with Crippen molar-refractivity contribution in [3.05, 3.63) is 60.8 Å². The molecule has 0 aliphatic heterocycles. The summed E-state index contributed by atoms with van der Waals surface area (Å²) in [5.41, 5.74) is 5.34. The number of nitrogens with two attached hydrogens (primary N) is 1. The van der Waals surface area contributed by atoms with Gasteiger partial charge < -0.3 is 20.1 Å². The normalized spacial score (nSPS) is 14.0. The summed E-state index contributed by atoms with van der Waals surface area (Å²) in [5, 5.41) is 0. The van der Waals surface area contributed by atoms with Crippen molar-refractivity contribution >= 4 is 19.8 Å². The third kappa shape index (κ3) is 39.2. The van der Waals surface area contributed by atoms with Crippen LogP contribution in [0.15, 0.2) is 60.8 Å². The average molecular weight is 766 g/mol. The van der Waals surface area contributed by atoms with Crippen LogP contribution in [0.5, 0.6) is 0 Å². The second kappa shape index (κ2) is 39.4. The third-order valence-corrected chi connectivity index (χ3v) is 9.37. The molecule has 2 unspecified atom stereocenters. The first-order valence-corrected chi connectivity index (χ1v) is 22.3. The van der Waals surface area contributed by atoms with Gasteiger partial charge in [0.15, 0.2) is 6.10 Å². The van der Waals surface area contributed by atoms with Crippen molar-refractivity contribution in [3.63, 3.8) is 0 Å². The van der Waals surface area contributed by atoms with Crippen molar-refractivity contribution in [2.24, 2.45) is 5.73 Å². The van der Waals surface area contributed by atoms with Crippen molar-refractivity contribution in [1.29, 1.82) is 0 Å². The molecule has 2 atom stereocenters. The molecule has 0 saturated carbocycles. The van der Waals surface area contributed by atoms with E-state index >= 15 is 0 Å². The second-order valence-electron chi connectivity index (χ2n) is 13.5. The van der Waals surface area contributed by atoms with Crippen molar-refractivity contribution in [2.75, 3.05) is 26.4 Å². The number of unbranched alkanes of at least 4 members (excludes halogenated alkanes) is 15. The maximum absolute atomic E-state index is 12.6. The number of allylic oxidation sites excluding steroid dienone is 10. The zero-order chi connectivity index (χ0) is 38.9. The van der Waals surface area contributed by atoms with Gasteiger partial charge >= 0.3 is 19.8 Å². The molecular weight excluding hydrogens is 689 g/mol. The lowest BCUT2D eigenvalue weighted by atomic mass is 10.1. The SMILES string of the molecule is CC/C=C\C/C=C\C/C=C\C/C=C\CCCCCCCCC(=O)OC(COC(=O)CCCCCCC/C=C\CCCCCC)COP(=O)(O)OCCN. The summed E-state index contributed by atoms with van der Waals surface area (Å²) in [6.45, 7) is 3.56. The highest BCUT2D eigenvalue weighted by atomic mass is 31.2. The summed E-state index contributed by atoms with van der Waals surface area (Å²) in [6, 6.07) is 0. The van der Waals surface area contributed by atoms with Crippen LogP contribution in [-0.4, -0.2) is 49.3 Å². The number of hydrogen-bond acceptors (Lipinski definition) is 8. The molecule has 0 aromatic heterocycles. The fourth-order valence-electron chi connectivity index (χ4n) is 5.32. The fraction of sp³-hybridized carbons (Fsp3) is 0.721. The smallest absolute Gasteiger partial charge is 0.462 e. The molecule has 0 radical (unpaired) electrons. The average Bonchev–Trinajstić information content (AvgIpc) is 3.14. The number of esters is 2. The molecule has 0 saturated heterocycles. The molecule has 0 aliphatic rings.